The van der Waals surface area contributed by atoms with Crippen molar-refractivity contribution in [3.05, 3.63) is 28.2 Å². The summed E-state index contributed by atoms with van der Waals surface area (Å²) in [4.78, 5) is 11.2. The fourth-order valence-electron chi connectivity index (χ4n) is 1.56. The second kappa shape index (κ2) is 8.17. The molecule has 1 amide bonds. The lowest BCUT2D eigenvalue weighted by molar-refractivity contribution is -0.122. The van der Waals surface area contributed by atoms with Crippen molar-refractivity contribution in [2.75, 3.05) is 20.2 Å². The summed E-state index contributed by atoms with van der Waals surface area (Å²) in [7, 11) is 1.59. The Labute approximate surface area is 123 Å². The number of para-hydroxylation sites is 1. The average molecular weight is 329 g/mol. The molecule has 0 unspecified atom stereocenters. The second-order valence-corrected chi connectivity index (χ2v) is 5.57. The predicted octanol–water partition coefficient (Wildman–Crippen LogP) is 2.32. The van der Waals surface area contributed by atoms with Crippen LogP contribution in [0.3, 0.4) is 0 Å². The molecule has 4 nitrogen and oxygen atoms in total. The van der Waals surface area contributed by atoms with E-state index in [1.54, 1.807) is 7.05 Å². The van der Waals surface area contributed by atoms with Crippen LogP contribution in [0.1, 0.15) is 19.4 Å². The molecule has 1 rings (SSSR count). The third-order valence-corrected chi connectivity index (χ3v) is 3.17. The topological polar surface area (TPSA) is 50.4 Å². The molecule has 19 heavy (non-hydrogen) atoms. The number of amides is 1. The number of hydrogen-bond acceptors (Lipinski definition) is 3. The molecule has 1 aromatic rings. The van der Waals surface area contributed by atoms with Crippen LogP contribution < -0.4 is 15.4 Å². The van der Waals surface area contributed by atoms with E-state index in [0.29, 0.717) is 5.92 Å². The second-order valence-electron chi connectivity index (χ2n) is 4.71. The van der Waals surface area contributed by atoms with Gasteiger partial charge in [-0.3, -0.25) is 4.79 Å². The van der Waals surface area contributed by atoms with E-state index >= 15 is 0 Å². The van der Waals surface area contributed by atoms with Crippen molar-refractivity contribution in [2.45, 2.75) is 20.4 Å². The molecule has 0 fully saturated rings. The van der Waals surface area contributed by atoms with Crippen LogP contribution in [0.5, 0.6) is 5.75 Å². The van der Waals surface area contributed by atoms with Gasteiger partial charge in [-0.25, -0.2) is 0 Å². The average Bonchev–Trinajstić information content (AvgIpc) is 2.37. The minimum absolute atomic E-state index is 0.0241. The summed E-state index contributed by atoms with van der Waals surface area (Å²) in [6, 6.07) is 5.87. The summed E-state index contributed by atoms with van der Waals surface area (Å²) in [6.45, 7) is 6.02. The van der Waals surface area contributed by atoms with Gasteiger partial charge in [0.05, 0.1) is 4.47 Å². The molecule has 1 aromatic carbocycles. The Balaban J connectivity index is 2.68. The Morgan fingerprint density at radius 2 is 2.16 bits per heavy atom. The number of ether oxygens (including phenoxy) is 1. The van der Waals surface area contributed by atoms with Crippen molar-refractivity contribution in [1.29, 1.82) is 0 Å². The molecule has 106 valence electrons. The van der Waals surface area contributed by atoms with E-state index < -0.39 is 0 Å². The number of carbonyl (C=O) groups is 1. The van der Waals surface area contributed by atoms with Gasteiger partial charge in [0.2, 0.25) is 0 Å². The minimum atomic E-state index is -0.142. The van der Waals surface area contributed by atoms with Gasteiger partial charge in [-0.2, -0.15) is 0 Å². The maximum atomic E-state index is 11.2. The highest BCUT2D eigenvalue weighted by atomic mass is 79.9. The van der Waals surface area contributed by atoms with E-state index in [9.17, 15) is 4.79 Å². The van der Waals surface area contributed by atoms with Crippen LogP contribution in [0.25, 0.3) is 0 Å². The monoisotopic (exact) mass is 328 g/mol. The molecule has 2 N–H and O–H groups in total. The molecule has 0 aliphatic carbocycles. The van der Waals surface area contributed by atoms with Gasteiger partial charge in [-0.1, -0.05) is 26.0 Å². The van der Waals surface area contributed by atoms with E-state index in [0.717, 1.165) is 28.9 Å². The minimum Gasteiger partial charge on any atom is -0.482 e. The first-order chi connectivity index (χ1) is 9.04. The first-order valence-corrected chi connectivity index (χ1v) is 7.15. The number of carbonyl (C=O) groups excluding carboxylic acids is 1. The first-order valence-electron chi connectivity index (χ1n) is 6.36. The molecule has 0 bridgehead atoms. The van der Waals surface area contributed by atoms with Crippen molar-refractivity contribution in [1.82, 2.24) is 10.6 Å². The van der Waals surface area contributed by atoms with Gasteiger partial charge in [0.1, 0.15) is 5.75 Å². The number of halogens is 1. The molecule has 0 aromatic heterocycles. The van der Waals surface area contributed by atoms with Gasteiger partial charge in [-0.15, -0.1) is 0 Å². The standard InChI is InChI=1S/C14H21BrN2O2/c1-10(2)7-17-8-11-5-4-6-12(15)14(11)19-9-13(18)16-3/h4-6,10,17H,7-9H2,1-3H3,(H,16,18). The normalized spacial score (nSPS) is 10.6. The van der Waals surface area contributed by atoms with Crippen LogP contribution in [0.4, 0.5) is 0 Å². The predicted molar refractivity (Wildman–Crippen MR) is 80.2 cm³/mol. The fraction of sp³-hybridized carbons (Fsp3) is 0.500. The van der Waals surface area contributed by atoms with Crippen LogP contribution in [0, 0.1) is 5.92 Å². The summed E-state index contributed by atoms with van der Waals surface area (Å²) in [5.74, 6) is 1.18. The highest BCUT2D eigenvalue weighted by Crippen LogP contribution is 2.29. The quantitative estimate of drug-likeness (QED) is 0.807. The highest BCUT2D eigenvalue weighted by molar-refractivity contribution is 9.10. The van der Waals surface area contributed by atoms with Gasteiger partial charge in [0.25, 0.3) is 5.91 Å². The van der Waals surface area contributed by atoms with E-state index in [1.807, 2.05) is 18.2 Å². The fourth-order valence-corrected chi connectivity index (χ4v) is 2.08. The molecule has 0 heterocycles. The van der Waals surface area contributed by atoms with Crippen molar-refractivity contribution in [3.8, 4) is 5.75 Å². The van der Waals surface area contributed by atoms with Gasteiger partial charge in [0.15, 0.2) is 6.61 Å². The number of hydrogen-bond donors (Lipinski definition) is 2. The largest absolute Gasteiger partial charge is 0.482 e. The number of benzene rings is 1. The van der Waals surface area contributed by atoms with Gasteiger partial charge >= 0.3 is 0 Å². The van der Waals surface area contributed by atoms with E-state index in [-0.39, 0.29) is 12.5 Å². The highest BCUT2D eigenvalue weighted by Gasteiger charge is 2.09. The molecule has 5 heteroatoms. The van der Waals surface area contributed by atoms with Crippen molar-refractivity contribution in [3.63, 3.8) is 0 Å². The first kappa shape index (κ1) is 16.0. The Hall–Kier alpha value is -1.07. The van der Waals surface area contributed by atoms with Gasteiger partial charge in [-0.05, 0) is 34.5 Å². The molecular weight excluding hydrogens is 308 g/mol. The summed E-state index contributed by atoms with van der Waals surface area (Å²) < 4.78 is 6.44. The maximum absolute atomic E-state index is 11.2. The zero-order valence-electron chi connectivity index (χ0n) is 11.6. The van der Waals surface area contributed by atoms with Crippen molar-refractivity contribution < 1.29 is 9.53 Å². The maximum Gasteiger partial charge on any atom is 0.257 e. The van der Waals surface area contributed by atoms with Crippen LogP contribution in [0.2, 0.25) is 0 Å². The Morgan fingerprint density at radius 3 is 2.79 bits per heavy atom. The summed E-state index contributed by atoms with van der Waals surface area (Å²) >= 11 is 3.46. The number of nitrogens with one attached hydrogen (secondary N) is 2. The lowest BCUT2D eigenvalue weighted by atomic mass is 10.2. The molecule has 0 saturated carbocycles. The smallest absolute Gasteiger partial charge is 0.257 e. The van der Waals surface area contributed by atoms with Gasteiger partial charge in [0, 0.05) is 19.2 Å². The molecule has 0 aliphatic rings. The van der Waals surface area contributed by atoms with E-state index in [1.165, 1.54) is 0 Å². The Kier molecular flexibility index (Phi) is 6.87. The van der Waals surface area contributed by atoms with Crippen LogP contribution in [-0.2, 0) is 11.3 Å². The molecule has 0 radical (unpaired) electrons. The van der Waals surface area contributed by atoms with Crippen LogP contribution >= 0.6 is 15.9 Å². The Morgan fingerprint density at radius 1 is 1.42 bits per heavy atom. The van der Waals surface area contributed by atoms with Crippen molar-refractivity contribution >= 4 is 21.8 Å². The van der Waals surface area contributed by atoms with Gasteiger partial charge < -0.3 is 15.4 Å². The van der Waals surface area contributed by atoms with E-state index in [4.69, 9.17) is 4.74 Å². The lowest BCUT2D eigenvalue weighted by Crippen LogP contribution is -2.25. The summed E-state index contributed by atoms with van der Waals surface area (Å²) in [5.41, 5.74) is 1.04. The third kappa shape index (κ3) is 5.61. The van der Waals surface area contributed by atoms with E-state index in [2.05, 4.69) is 40.4 Å². The number of likely N-dealkylation sites (N-methyl/N-ethyl adjacent to an activating group) is 1. The summed E-state index contributed by atoms with van der Waals surface area (Å²) in [5, 5.41) is 5.91. The zero-order valence-corrected chi connectivity index (χ0v) is 13.2. The third-order valence-electron chi connectivity index (χ3n) is 2.54. The SMILES string of the molecule is CNC(=O)COc1c(Br)cccc1CNCC(C)C. The van der Waals surface area contributed by atoms with Crippen molar-refractivity contribution in [2.24, 2.45) is 5.92 Å². The zero-order chi connectivity index (χ0) is 14.3. The summed E-state index contributed by atoms with van der Waals surface area (Å²) in [6.07, 6.45) is 0. The molecular formula is C14H21BrN2O2. The molecule has 0 atom stereocenters. The van der Waals surface area contributed by atoms with Crippen LogP contribution in [0.15, 0.2) is 22.7 Å². The Bertz CT molecular complexity index is 422. The molecule has 0 aliphatic heterocycles. The molecule has 0 spiro atoms. The lowest BCUT2D eigenvalue weighted by Gasteiger charge is -2.14. The number of rotatable bonds is 7. The molecule has 0 saturated heterocycles. The van der Waals surface area contributed by atoms with Crippen LogP contribution in [-0.4, -0.2) is 26.1 Å².